The van der Waals surface area contributed by atoms with E-state index in [9.17, 15) is 0 Å². The molecule has 8 rings (SSSR count). The number of hydrogen-bond donors (Lipinski definition) is 0. The first-order valence-corrected chi connectivity index (χ1v) is 17.6. The normalized spacial score (nSPS) is 18.3. The quantitative estimate of drug-likeness (QED) is 0.151. The molecule has 5 aromatic rings. The van der Waals surface area contributed by atoms with Crippen molar-refractivity contribution in [3.05, 3.63) is 72.8 Å². The van der Waals surface area contributed by atoms with Gasteiger partial charge in [0.05, 0.1) is 53.7 Å². The van der Waals surface area contributed by atoms with Crippen LogP contribution in [0, 0.1) is 5.92 Å². The van der Waals surface area contributed by atoms with E-state index in [0.29, 0.717) is 35.6 Å². The Morgan fingerprint density at radius 1 is 0.608 bits per heavy atom. The van der Waals surface area contributed by atoms with Crippen LogP contribution in [0.15, 0.2) is 67.3 Å². The molecule has 2 saturated heterocycles. The van der Waals surface area contributed by atoms with Crippen molar-refractivity contribution in [3.63, 3.8) is 0 Å². The summed E-state index contributed by atoms with van der Waals surface area (Å²) in [5.41, 5.74) is 2.78. The third-order valence-electron chi connectivity index (χ3n) is 9.84. The minimum Gasteiger partial charge on any atom is -0.493 e. The highest BCUT2D eigenvalue weighted by Gasteiger charge is 2.32. The molecule has 3 aromatic carbocycles. The van der Waals surface area contributed by atoms with Gasteiger partial charge in [-0.15, -0.1) is 0 Å². The highest BCUT2D eigenvalue weighted by Crippen LogP contribution is 2.40. The van der Waals surface area contributed by atoms with E-state index < -0.39 is 0 Å². The molecule has 1 saturated carbocycles. The average Bonchev–Trinajstić information content (AvgIpc) is 3.56. The number of aromatic nitrogens is 4. The van der Waals surface area contributed by atoms with Crippen LogP contribution < -0.4 is 28.7 Å². The molecule has 4 heterocycles. The maximum atomic E-state index is 5.66. The number of benzene rings is 3. The van der Waals surface area contributed by atoms with Crippen LogP contribution in [-0.4, -0.2) is 93.4 Å². The van der Waals surface area contributed by atoms with Gasteiger partial charge in [-0.1, -0.05) is 30.3 Å². The Bertz CT molecular complexity index is 1910. The van der Waals surface area contributed by atoms with Gasteiger partial charge in [0.1, 0.15) is 35.3 Å². The summed E-state index contributed by atoms with van der Waals surface area (Å²) >= 11 is 0. The highest BCUT2D eigenvalue weighted by atomic mass is 16.5. The first kappa shape index (κ1) is 34.5. The molecule has 1 aliphatic carbocycles. The Labute approximate surface area is 298 Å². The smallest absolute Gasteiger partial charge is 0.187 e. The lowest BCUT2D eigenvalue weighted by atomic mass is 10.1. The molecule has 3 fully saturated rings. The van der Waals surface area contributed by atoms with Gasteiger partial charge in [-0.3, -0.25) is 0 Å². The molecule has 51 heavy (non-hydrogen) atoms. The molecule has 12 heteroatoms. The van der Waals surface area contributed by atoms with Gasteiger partial charge in [0.2, 0.25) is 0 Å². The van der Waals surface area contributed by atoms with Gasteiger partial charge in [-0.25, -0.2) is 19.9 Å². The second kappa shape index (κ2) is 15.9. The van der Waals surface area contributed by atoms with Crippen LogP contribution in [-0.2, 0) is 16.0 Å². The van der Waals surface area contributed by atoms with E-state index in [4.69, 9.17) is 28.4 Å². The second-order valence-electron chi connectivity index (χ2n) is 13.0. The summed E-state index contributed by atoms with van der Waals surface area (Å²) in [6.45, 7) is 4.86. The highest BCUT2D eigenvalue weighted by molar-refractivity contribution is 5.96. The Balaban J connectivity index is 0.000000160. The monoisotopic (exact) mass is 694 g/mol. The largest absolute Gasteiger partial charge is 0.493 e. The summed E-state index contributed by atoms with van der Waals surface area (Å²) in [6.07, 6.45) is 7.86. The fourth-order valence-electron chi connectivity index (χ4n) is 7.00. The third kappa shape index (κ3) is 7.43. The summed E-state index contributed by atoms with van der Waals surface area (Å²) < 4.78 is 33.2. The predicted octanol–water partition coefficient (Wildman–Crippen LogP) is 6.09. The van der Waals surface area contributed by atoms with Crippen molar-refractivity contribution in [1.29, 1.82) is 0 Å². The fourth-order valence-corrected chi connectivity index (χ4v) is 7.00. The van der Waals surface area contributed by atoms with E-state index >= 15 is 0 Å². The summed E-state index contributed by atoms with van der Waals surface area (Å²) in [7, 11) is 6.54. The molecule has 268 valence electrons. The molecule has 3 aliphatic rings. The zero-order valence-corrected chi connectivity index (χ0v) is 29.8. The van der Waals surface area contributed by atoms with Crippen molar-refractivity contribution in [2.75, 3.05) is 71.2 Å². The van der Waals surface area contributed by atoms with Crippen LogP contribution in [0.2, 0.25) is 0 Å². The van der Waals surface area contributed by atoms with Crippen molar-refractivity contribution in [2.24, 2.45) is 5.92 Å². The lowest BCUT2D eigenvalue weighted by Crippen LogP contribution is -2.38. The van der Waals surface area contributed by atoms with Crippen molar-refractivity contribution in [3.8, 4) is 23.0 Å². The first-order valence-electron chi connectivity index (χ1n) is 17.6. The number of rotatable bonds is 12. The van der Waals surface area contributed by atoms with Crippen LogP contribution in [0.4, 0.5) is 11.6 Å². The molecule has 0 amide bonds. The topological polar surface area (TPSA) is 113 Å². The number of methoxy groups -OCH3 is 4. The molecule has 2 aliphatic heterocycles. The van der Waals surface area contributed by atoms with E-state index in [2.05, 4.69) is 54.0 Å². The second-order valence-corrected chi connectivity index (χ2v) is 13.0. The number of fused-ring (bicyclic) bond motifs is 2. The van der Waals surface area contributed by atoms with Gasteiger partial charge >= 0.3 is 0 Å². The van der Waals surface area contributed by atoms with E-state index in [1.165, 1.54) is 18.4 Å². The van der Waals surface area contributed by atoms with Crippen molar-refractivity contribution in [1.82, 2.24) is 19.9 Å². The van der Waals surface area contributed by atoms with Crippen LogP contribution in [0.3, 0.4) is 0 Å². The predicted molar refractivity (Wildman–Crippen MR) is 196 cm³/mol. The first-order chi connectivity index (χ1) is 25.1. The zero-order valence-electron chi connectivity index (χ0n) is 29.8. The Morgan fingerprint density at radius 3 is 1.61 bits per heavy atom. The SMILES string of the molecule is COc1ccc2c(N(CC3CC3)[C@@H]3CCOC3)ncnc2c1OC.COc1ccc2c(N(Cc3ccccc3)[C@@H]3CCOC3)ncnc2c1OC. The molecule has 2 aromatic heterocycles. The summed E-state index contributed by atoms with van der Waals surface area (Å²) in [5.74, 6) is 5.27. The number of ether oxygens (including phenoxy) is 6. The minimum absolute atomic E-state index is 0.274. The van der Waals surface area contributed by atoms with Crippen LogP contribution in [0.1, 0.15) is 31.2 Å². The molecule has 2 atom stereocenters. The van der Waals surface area contributed by atoms with Gasteiger partial charge in [0, 0.05) is 37.1 Å². The molecule has 0 spiro atoms. The van der Waals surface area contributed by atoms with Gasteiger partial charge in [-0.05, 0) is 61.4 Å². The summed E-state index contributed by atoms with van der Waals surface area (Å²) in [4.78, 5) is 22.9. The van der Waals surface area contributed by atoms with Gasteiger partial charge in [-0.2, -0.15) is 0 Å². The number of nitrogens with zero attached hydrogens (tertiary/aromatic N) is 6. The molecule has 0 bridgehead atoms. The molecular weight excluding hydrogens is 648 g/mol. The Hall–Kier alpha value is -4.94. The van der Waals surface area contributed by atoms with Gasteiger partial charge in [0.25, 0.3) is 0 Å². The molecule has 0 N–H and O–H groups in total. The fraction of sp³-hybridized carbons (Fsp3) is 0.436. The molecule has 0 unspecified atom stereocenters. The number of anilines is 2. The molecule has 0 radical (unpaired) electrons. The standard InChI is InChI=1S/C21H23N3O3.C18H23N3O3/c1-25-18-9-8-17-19(20(18)26-2)22-14-23-21(17)24(16-10-11-27-13-16)12-15-6-4-3-5-7-15;1-22-15-6-5-14-16(17(15)23-2)19-11-20-18(14)21(9-12-3-4-12)13-7-8-24-10-13/h3-9,14,16H,10-13H2,1-2H3;5-6,11-13H,3-4,7-10H2,1-2H3/t16-;13-/m11/s1. The maximum absolute atomic E-state index is 5.66. The molecule has 12 nitrogen and oxygen atoms in total. The summed E-state index contributed by atoms with van der Waals surface area (Å²) in [6, 6.07) is 18.9. The van der Waals surface area contributed by atoms with Gasteiger partial charge < -0.3 is 38.2 Å². The van der Waals surface area contributed by atoms with Crippen LogP contribution >= 0.6 is 0 Å². The van der Waals surface area contributed by atoms with E-state index in [1.807, 2.05) is 30.3 Å². The third-order valence-corrected chi connectivity index (χ3v) is 9.84. The number of hydrogen-bond acceptors (Lipinski definition) is 12. The lowest BCUT2D eigenvalue weighted by Gasteiger charge is -2.30. The van der Waals surface area contributed by atoms with Gasteiger partial charge in [0.15, 0.2) is 23.0 Å². The van der Waals surface area contributed by atoms with Crippen molar-refractivity contribution < 1.29 is 28.4 Å². The van der Waals surface area contributed by atoms with E-state index in [1.54, 1.807) is 41.1 Å². The maximum Gasteiger partial charge on any atom is 0.187 e. The minimum atomic E-state index is 0.274. The van der Waals surface area contributed by atoms with Crippen molar-refractivity contribution >= 4 is 33.4 Å². The molecular formula is C39H46N6O6. The van der Waals surface area contributed by atoms with Crippen molar-refractivity contribution in [2.45, 2.75) is 44.3 Å². The van der Waals surface area contributed by atoms with Crippen LogP contribution in [0.25, 0.3) is 21.8 Å². The van der Waals surface area contributed by atoms with Crippen LogP contribution in [0.5, 0.6) is 23.0 Å². The Kier molecular flexibility index (Phi) is 10.8. The van der Waals surface area contributed by atoms with E-state index in [0.717, 1.165) is 85.1 Å². The summed E-state index contributed by atoms with van der Waals surface area (Å²) in [5, 5.41) is 1.95. The lowest BCUT2D eigenvalue weighted by molar-refractivity contribution is 0.192. The Morgan fingerprint density at radius 2 is 1.14 bits per heavy atom. The zero-order chi connectivity index (χ0) is 35.2. The van der Waals surface area contributed by atoms with E-state index in [-0.39, 0.29) is 6.04 Å². The average molecular weight is 695 g/mol.